The summed E-state index contributed by atoms with van der Waals surface area (Å²) in [6, 6.07) is 84.2. The van der Waals surface area contributed by atoms with Gasteiger partial charge in [-0.25, -0.2) is 0 Å². The van der Waals surface area contributed by atoms with Gasteiger partial charge in [-0.05, 0) is 143 Å². The maximum Gasteiger partial charge on any atom is 0.0725 e. The number of anilines is 3. The molecule has 0 fully saturated rings. The summed E-state index contributed by atoms with van der Waals surface area (Å²) < 4.78 is 2.64. The van der Waals surface area contributed by atoms with Gasteiger partial charge < -0.3 is 4.90 Å². The molecule has 11 aromatic carbocycles. The lowest BCUT2D eigenvalue weighted by atomic mass is 9.70. The van der Waals surface area contributed by atoms with Crippen LogP contribution in [0.4, 0.5) is 17.1 Å². The highest BCUT2D eigenvalue weighted by Crippen LogP contribution is 2.63. The van der Waals surface area contributed by atoms with Crippen molar-refractivity contribution in [3.05, 3.63) is 247 Å². The van der Waals surface area contributed by atoms with E-state index in [0.717, 1.165) is 17.1 Å². The second kappa shape index (κ2) is 13.1. The van der Waals surface area contributed by atoms with Gasteiger partial charge in [0.2, 0.25) is 0 Å². The van der Waals surface area contributed by atoms with Crippen molar-refractivity contribution in [2.45, 2.75) is 5.41 Å². The lowest BCUT2D eigenvalue weighted by molar-refractivity contribution is 0.794. The molecule has 2 heteroatoms. The highest BCUT2D eigenvalue weighted by Gasteiger charge is 2.51. The molecule has 63 heavy (non-hydrogen) atoms. The van der Waals surface area contributed by atoms with E-state index in [9.17, 15) is 0 Å². The number of benzene rings is 11. The fraction of sp³-hybridized carbons (Fsp3) is 0.0164. The van der Waals surface area contributed by atoms with Crippen LogP contribution < -0.4 is 4.90 Å². The minimum absolute atomic E-state index is 0.393. The van der Waals surface area contributed by atoms with Gasteiger partial charge in [0.1, 0.15) is 0 Å². The first kappa shape index (κ1) is 34.9. The minimum atomic E-state index is -0.393. The van der Waals surface area contributed by atoms with E-state index in [1.165, 1.54) is 108 Å². The molecular weight excluding hydrogens is 779 g/mol. The van der Waals surface area contributed by atoms with Gasteiger partial charge in [-0.15, -0.1) is 11.3 Å². The van der Waals surface area contributed by atoms with Crippen LogP contribution in [-0.4, -0.2) is 0 Å². The molecule has 0 saturated carbocycles. The van der Waals surface area contributed by atoms with Crippen molar-refractivity contribution in [2.75, 3.05) is 4.90 Å². The SMILES string of the molecule is c1cc(-c2ccc3sc4ccccc4c3c2)cc(N(c2ccc3c(c2)-c2ccccc2C32c3ccccc3-c3ccccc32)c2ccc3c4ccccc4c4ccccc4c3c2)c1. The maximum absolute atomic E-state index is 2.48. The fourth-order valence-electron chi connectivity index (χ4n) is 11.4. The van der Waals surface area contributed by atoms with Crippen molar-refractivity contribution in [2.24, 2.45) is 0 Å². The smallest absolute Gasteiger partial charge is 0.0725 e. The van der Waals surface area contributed by atoms with E-state index in [4.69, 9.17) is 0 Å². The van der Waals surface area contributed by atoms with Crippen LogP contribution in [0.5, 0.6) is 0 Å². The molecule has 1 heterocycles. The summed E-state index contributed by atoms with van der Waals surface area (Å²) in [5.74, 6) is 0. The van der Waals surface area contributed by atoms with Crippen molar-refractivity contribution in [3.63, 3.8) is 0 Å². The standard InChI is InChI=1S/C61H37NS/c1-2-18-45-43(16-1)44-17-3-4-19-46(44)52-36-41(29-31-47(45)52)62(40-15-13-14-38(34-40)39-28-33-60-54(35-39)51-23-8-12-27-59(51)63-60)42-30-32-58-53(37-42)50-22-7-11-26-57(50)61(58)55-24-9-5-20-48(55)49-21-6-10-25-56(49)61/h1-37H. The van der Waals surface area contributed by atoms with Gasteiger partial charge >= 0.3 is 0 Å². The molecule has 12 aromatic rings. The molecule has 1 spiro atoms. The molecule has 0 saturated heterocycles. The first-order chi connectivity index (χ1) is 31.2. The molecule has 0 radical (unpaired) electrons. The Bertz CT molecular complexity index is 3810. The number of thiophene rings is 1. The Morgan fingerprint density at radius 2 is 0.746 bits per heavy atom. The Labute approximate surface area is 369 Å². The molecule has 0 N–H and O–H groups in total. The first-order valence-electron chi connectivity index (χ1n) is 21.8. The highest BCUT2D eigenvalue weighted by molar-refractivity contribution is 7.25. The van der Waals surface area contributed by atoms with Crippen LogP contribution in [0, 0.1) is 0 Å². The fourth-order valence-corrected chi connectivity index (χ4v) is 12.5. The van der Waals surface area contributed by atoms with Gasteiger partial charge in [-0.3, -0.25) is 0 Å². The number of rotatable bonds is 4. The molecular formula is C61H37NS. The third-order valence-corrected chi connectivity index (χ3v) is 15.2. The van der Waals surface area contributed by atoms with Gasteiger partial charge in [0.15, 0.2) is 0 Å². The predicted molar refractivity (Wildman–Crippen MR) is 268 cm³/mol. The summed E-state index contributed by atoms with van der Waals surface area (Å²) in [6.07, 6.45) is 0. The molecule has 0 atom stereocenters. The van der Waals surface area contributed by atoms with Crippen molar-refractivity contribution >= 4 is 80.9 Å². The average molecular weight is 816 g/mol. The largest absolute Gasteiger partial charge is 0.310 e. The lowest BCUT2D eigenvalue weighted by Gasteiger charge is -2.31. The van der Waals surface area contributed by atoms with Crippen molar-refractivity contribution in [1.82, 2.24) is 0 Å². The van der Waals surface area contributed by atoms with Gasteiger partial charge in [-0.2, -0.15) is 0 Å². The Morgan fingerprint density at radius 1 is 0.270 bits per heavy atom. The molecule has 0 bridgehead atoms. The molecule has 2 aliphatic rings. The minimum Gasteiger partial charge on any atom is -0.310 e. The van der Waals surface area contributed by atoms with Crippen molar-refractivity contribution in [1.29, 1.82) is 0 Å². The topological polar surface area (TPSA) is 3.24 Å². The van der Waals surface area contributed by atoms with Crippen LogP contribution in [0.15, 0.2) is 224 Å². The maximum atomic E-state index is 2.48. The van der Waals surface area contributed by atoms with Gasteiger partial charge in [-0.1, -0.05) is 170 Å². The Hall–Kier alpha value is -7.78. The molecule has 2 aliphatic carbocycles. The Balaban J connectivity index is 1.01. The Kier molecular flexibility index (Phi) is 7.26. The van der Waals surface area contributed by atoms with E-state index in [-0.39, 0.29) is 0 Å². The lowest BCUT2D eigenvalue weighted by Crippen LogP contribution is -2.25. The number of hydrogen-bond donors (Lipinski definition) is 0. The van der Waals surface area contributed by atoms with E-state index in [0.29, 0.717) is 0 Å². The number of nitrogens with zero attached hydrogens (tertiary/aromatic N) is 1. The van der Waals surface area contributed by atoms with E-state index in [2.05, 4.69) is 229 Å². The second-order valence-electron chi connectivity index (χ2n) is 17.1. The normalized spacial score (nSPS) is 13.2. The van der Waals surface area contributed by atoms with Crippen LogP contribution >= 0.6 is 11.3 Å². The zero-order valence-electron chi connectivity index (χ0n) is 34.2. The highest BCUT2D eigenvalue weighted by atomic mass is 32.1. The Morgan fingerprint density at radius 3 is 1.43 bits per heavy atom. The predicted octanol–water partition coefficient (Wildman–Crippen LogP) is 17.0. The van der Waals surface area contributed by atoms with E-state index < -0.39 is 5.41 Å². The number of hydrogen-bond acceptors (Lipinski definition) is 2. The average Bonchev–Trinajstić information content (AvgIpc) is 3.98. The molecule has 1 aromatic heterocycles. The number of fused-ring (bicyclic) bond motifs is 19. The van der Waals surface area contributed by atoms with Crippen LogP contribution in [0.2, 0.25) is 0 Å². The van der Waals surface area contributed by atoms with Crippen molar-refractivity contribution in [3.8, 4) is 33.4 Å². The molecule has 0 aliphatic heterocycles. The van der Waals surface area contributed by atoms with E-state index in [1.807, 2.05) is 11.3 Å². The summed E-state index contributed by atoms with van der Waals surface area (Å²) in [5, 5.41) is 10.3. The quantitative estimate of drug-likeness (QED) is 0.160. The zero-order chi connectivity index (χ0) is 41.2. The van der Waals surface area contributed by atoms with Gasteiger partial charge in [0, 0.05) is 37.2 Å². The molecule has 14 rings (SSSR count). The summed E-state index contributed by atoms with van der Waals surface area (Å²) in [4.78, 5) is 2.48. The molecule has 292 valence electrons. The monoisotopic (exact) mass is 815 g/mol. The van der Waals surface area contributed by atoms with Crippen LogP contribution in [-0.2, 0) is 5.41 Å². The first-order valence-corrected chi connectivity index (χ1v) is 22.6. The van der Waals surface area contributed by atoms with Crippen LogP contribution in [0.3, 0.4) is 0 Å². The zero-order valence-corrected chi connectivity index (χ0v) is 35.0. The second-order valence-corrected chi connectivity index (χ2v) is 18.2. The summed E-state index contributed by atoms with van der Waals surface area (Å²) >= 11 is 1.87. The van der Waals surface area contributed by atoms with Crippen LogP contribution in [0.25, 0.3) is 85.9 Å². The molecule has 0 amide bonds. The molecule has 1 nitrogen and oxygen atoms in total. The summed E-state index contributed by atoms with van der Waals surface area (Å²) in [5.41, 5.74) is 16.0. The molecule has 0 unspecified atom stereocenters. The summed E-state index contributed by atoms with van der Waals surface area (Å²) in [6.45, 7) is 0. The summed E-state index contributed by atoms with van der Waals surface area (Å²) in [7, 11) is 0. The van der Waals surface area contributed by atoms with Gasteiger partial charge in [0.25, 0.3) is 0 Å². The van der Waals surface area contributed by atoms with E-state index in [1.54, 1.807) is 0 Å². The third kappa shape index (κ3) is 4.82. The van der Waals surface area contributed by atoms with Crippen LogP contribution in [0.1, 0.15) is 22.3 Å². The van der Waals surface area contributed by atoms with E-state index >= 15 is 0 Å². The van der Waals surface area contributed by atoms with Crippen molar-refractivity contribution < 1.29 is 0 Å². The van der Waals surface area contributed by atoms with Gasteiger partial charge in [0.05, 0.1) is 5.41 Å². The third-order valence-electron chi connectivity index (χ3n) is 14.0.